The predicted octanol–water partition coefficient (Wildman–Crippen LogP) is 2.96. The molecule has 1 fully saturated rings. The number of carbonyl (C=O) groups is 2. The third-order valence-corrected chi connectivity index (χ3v) is 4.88. The van der Waals surface area contributed by atoms with E-state index >= 15 is 0 Å². The lowest BCUT2D eigenvalue weighted by Gasteiger charge is -2.48. The van der Waals surface area contributed by atoms with Gasteiger partial charge < -0.3 is 10.2 Å². The van der Waals surface area contributed by atoms with Crippen molar-refractivity contribution in [2.24, 2.45) is 11.8 Å². The van der Waals surface area contributed by atoms with E-state index in [4.69, 9.17) is 0 Å². The Morgan fingerprint density at radius 3 is 2.14 bits per heavy atom. The molecule has 0 aromatic rings. The average Bonchev–Trinajstić information content (AvgIpc) is 2.44. The largest absolute Gasteiger partial charge is 0.342 e. The Kier molecular flexibility index (Phi) is 6.24. The maximum absolute atomic E-state index is 12.9. The molecule has 0 aromatic carbocycles. The summed E-state index contributed by atoms with van der Waals surface area (Å²) in [4.78, 5) is 27.5. The van der Waals surface area contributed by atoms with E-state index in [1.807, 2.05) is 18.7 Å². The van der Waals surface area contributed by atoms with Crippen LogP contribution in [-0.4, -0.2) is 34.8 Å². The summed E-state index contributed by atoms with van der Waals surface area (Å²) in [6, 6.07) is -0.354. The van der Waals surface area contributed by atoms with E-state index in [1.54, 1.807) is 0 Å². The minimum Gasteiger partial charge on any atom is -0.342 e. The lowest BCUT2D eigenvalue weighted by molar-refractivity contribution is -0.159. The van der Waals surface area contributed by atoms with Gasteiger partial charge in [0.2, 0.25) is 11.8 Å². The van der Waals surface area contributed by atoms with Crippen molar-refractivity contribution in [1.29, 1.82) is 0 Å². The third kappa shape index (κ3) is 3.58. The molecule has 2 atom stereocenters. The van der Waals surface area contributed by atoms with Gasteiger partial charge in [-0.1, -0.05) is 48.0 Å². The molecule has 1 N–H and O–H groups in total. The van der Waals surface area contributed by atoms with Gasteiger partial charge in [0.25, 0.3) is 0 Å². The summed E-state index contributed by atoms with van der Waals surface area (Å²) < 4.78 is 0. The number of hydrogen-bond donors (Lipinski definition) is 1. The van der Waals surface area contributed by atoms with Gasteiger partial charge in [0, 0.05) is 6.54 Å². The quantitative estimate of drug-likeness (QED) is 0.785. The predicted molar refractivity (Wildman–Crippen MR) is 85.9 cm³/mol. The van der Waals surface area contributed by atoms with E-state index in [-0.39, 0.29) is 17.9 Å². The monoisotopic (exact) mass is 296 g/mol. The van der Waals surface area contributed by atoms with Gasteiger partial charge in [-0.25, -0.2) is 0 Å². The van der Waals surface area contributed by atoms with E-state index in [9.17, 15) is 9.59 Å². The molecule has 1 aliphatic heterocycles. The molecule has 0 aliphatic carbocycles. The van der Waals surface area contributed by atoms with Crippen LogP contribution in [0.5, 0.6) is 0 Å². The van der Waals surface area contributed by atoms with Gasteiger partial charge in [-0.2, -0.15) is 0 Å². The van der Waals surface area contributed by atoms with Crippen molar-refractivity contribution in [3.63, 3.8) is 0 Å². The lowest BCUT2D eigenvalue weighted by Crippen LogP contribution is -2.70. The Bertz CT molecular complexity index is 375. The molecule has 2 amide bonds. The number of carbonyl (C=O) groups excluding carboxylic acids is 2. The Balaban J connectivity index is 3.10. The summed E-state index contributed by atoms with van der Waals surface area (Å²) in [7, 11) is 0. The second-order valence-electron chi connectivity index (χ2n) is 6.86. The Morgan fingerprint density at radius 2 is 1.71 bits per heavy atom. The fraction of sp³-hybridized carbons (Fsp3) is 0.882. The minimum atomic E-state index is -0.659. The number of hydrogen-bond acceptors (Lipinski definition) is 2. The number of rotatable bonds is 7. The van der Waals surface area contributed by atoms with Crippen LogP contribution >= 0.6 is 0 Å². The van der Waals surface area contributed by atoms with Crippen molar-refractivity contribution in [1.82, 2.24) is 10.2 Å². The highest BCUT2D eigenvalue weighted by Crippen LogP contribution is 2.31. The molecule has 0 radical (unpaired) electrons. The minimum absolute atomic E-state index is 0.0288. The van der Waals surface area contributed by atoms with Crippen LogP contribution in [0.3, 0.4) is 0 Å². The summed E-state index contributed by atoms with van der Waals surface area (Å²) in [5.74, 6) is 0.936. The summed E-state index contributed by atoms with van der Waals surface area (Å²) in [6.07, 6.45) is 3.08. The second kappa shape index (κ2) is 7.28. The van der Waals surface area contributed by atoms with Crippen molar-refractivity contribution in [3.05, 3.63) is 0 Å². The highest BCUT2D eigenvalue weighted by molar-refractivity contribution is 5.99. The molecule has 0 saturated carbocycles. The summed E-state index contributed by atoms with van der Waals surface area (Å²) >= 11 is 0. The van der Waals surface area contributed by atoms with Crippen LogP contribution in [0, 0.1) is 11.8 Å². The van der Waals surface area contributed by atoms with Crippen LogP contribution in [0.15, 0.2) is 0 Å². The number of nitrogens with zero attached hydrogens (tertiary/aromatic N) is 1. The van der Waals surface area contributed by atoms with Crippen LogP contribution in [0.2, 0.25) is 0 Å². The van der Waals surface area contributed by atoms with Crippen LogP contribution in [0.4, 0.5) is 0 Å². The molecule has 0 spiro atoms. The van der Waals surface area contributed by atoms with Crippen molar-refractivity contribution < 1.29 is 9.59 Å². The molecule has 0 bridgehead atoms. The molecule has 4 nitrogen and oxygen atoms in total. The van der Waals surface area contributed by atoms with Gasteiger partial charge in [-0.05, 0) is 31.1 Å². The standard InChI is InChI=1S/C17H32N2O2/c1-7-13(6)11-19-15(20)14(10-12(4)5)18-16(21)17(19,8-2)9-3/h12-14H,7-11H2,1-6H3,(H,18,21). The molecule has 2 unspecified atom stereocenters. The first-order chi connectivity index (χ1) is 9.82. The molecule has 1 saturated heterocycles. The van der Waals surface area contributed by atoms with Crippen LogP contribution < -0.4 is 5.32 Å². The summed E-state index contributed by atoms with van der Waals surface area (Å²) in [5.41, 5.74) is -0.659. The van der Waals surface area contributed by atoms with E-state index in [0.717, 1.165) is 6.42 Å². The first kappa shape index (κ1) is 18.0. The SMILES string of the molecule is CCC(C)CN1C(=O)C(CC(C)C)NC(=O)C1(CC)CC. The van der Waals surface area contributed by atoms with Gasteiger partial charge in [-0.15, -0.1) is 0 Å². The molecule has 1 aliphatic rings. The van der Waals surface area contributed by atoms with Gasteiger partial charge in [0.05, 0.1) is 0 Å². The Labute approximate surface area is 129 Å². The van der Waals surface area contributed by atoms with Crippen molar-refractivity contribution in [3.8, 4) is 0 Å². The Hall–Kier alpha value is -1.06. The van der Waals surface area contributed by atoms with Crippen LogP contribution in [-0.2, 0) is 9.59 Å². The molecule has 1 heterocycles. The van der Waals surface area contributed by atoms with Gasteiger partial charge >= 0.3 is 0 Å². The average molecular weight is 296 g/mol. The smallest absolute Gasteiger partial charge is 0.246 e. The van der Waals surface area contributed by atoms with Crippen LogP contribution in [0.1, 0.15) is 67.2 Å². The van der Waals surface area contributed by atoms with Crippen molar-refractivity contribution in [2.45, 2.75) is 78.8 Å². The topological polar surface area (TPSA) is 49.4 Å². The second-order valence-corrected chi connectivity index (χ2v) is 6.86. The molecule has 0 aromatic heterocycles. The van der Waals surface area contributed by atoms with Crippen molar-refractivity contribution in [2.75, 3.05) is 6.54 Å². The van der Waals surface area contributed by atoms with Gasteiger partial charge in [0.1, 0.15) is 11.6 Å². The molecule has 122 valence electrons. The zero-order chi connectivity index (χ0) is 16.2. The normalized spacial score (nSPS) is 23.4. The molecular weight excluding hydrogens is 264 g/mol. The third-order valence-electron chi connectivity index (χ3n) is 4.88. The van der Waals surface area contributed by atoms with E-state index in [1.165, 1.54) is 0 Å². The van der Waals surface area contributed by atoms with E-state index in [2.05, 4.69) is 33.0 Å². The highest BCUT2D eigenvalue weighted by Gasteiger charge is 2.50. The van der Waals surface area contributed by atoms with E-state index in [0.29, 0.717) is 37.6 Å². The lowest BCUT2D eigenvalue weighted by atomic mass is 9.83. The maximum atomic E-state index is 12.9. The van der Waals surface area contributed by atoms with Gasteiger partial charge in [-0.3, -0.25) is 9.59 Å². The fourth-order valence-corrected chi connectivity index (χ4v) is 3.17. The molecule has 21 heavy (non-hydrogen) atoms. The van der Waals surface area contributed by atoms with Gasteiger partial charge in [0.15, 0.2) is 0 Å². The van der Waals surface area contributed by atoms with Crippen molar-refractivity contribution >= 4 is 11.8 Å². The first-order valence-corrected chi connectivity index (χ1v) is 8.44. The van der Waals surface area contributed by atoms with E-state index < -0.39 is 5.54 Å². The highest BCUT2D eigenvalue weighted by atomic mass is 16.2. The summed E-state index contributed by atoms with van der Waals surface area (Å²) in [5, 5.41) is 2.98. The molecular formula is C17H32N2O2. The molecule has 4 heteroatoms. The fourth-order valence-electron chi connectivity index (χ4n) is 3.17. The first-order valence-electron chi connectivity index (χ1n) is 8.44. The number of amides is 2. The zero-order valence-corrected chi connectivity index (χ0v) is 14.5. The number of piperazine rings is 1. The maximum Gasteiger partial charge on any atom is 0.246 e. The Morgan fingerprint density at radius 1 is 1.14 bits per heavy atom. The zero-order valence-electron chi connectivity index (χ0n) is 14.5. The number of nitrogens with one attached hydrogen (secondary N) is 1. The molecule has 1 rings (SSSR count). The summed E-state index contributed by atoms with van der Waals surface area (Å²) in [6.45, 7) is 13.1. The van der Waals surface area contributed by atoms with Crippen LogP contribution in [0.25, 0.3) is 0 Å².